The fourth-order valence-electron chi connectivity index (χ4n) is 4.64. The first-order chi connectivity index (χ1) is 16.9. The minimum Gasteiger partial charge on any atom is -0.370 e. The second-order valence-electron chi connectivity index (χ2n) is 9.39. The summed E-state index contributed by atoms with van der Waals surface area (Å²) in [6, 6.07) is 13.4. The molecule has 0 radical (unpaired) electrons. The Morgan fingerprint density at radius 1 is 1.17 bits per heavy atom. The third-order valence-electron chi connectivity index (χ3n) is 6.89. The highest BCUT2D eigenvalue weighted by molar-refractivity contribution is 5.98. The van der Waals surface area contributed by atoms with Gasteiger partial charge in [0.25, 0.3) is 5.91 Å². The van der Waals surface area contributed by atoms with Crippen molar-refractivity contribution in [1.29, 1.82) is 0 Å². The Kier molecular flexibility index (Phi) is 9.90. The fraction of sp³-hybridized carbons (Fsp3) is 0.519. The Bertz CT molecular complexity index is 1020. The first-order valence-corrected chi connectivity index (χ1v) is 12.8. The minimum absolute atomic E-state index is 0.00291. The largest absolute Gasteiger partial charge is 0.370 e. The smallest absolute Gasteiger partial charge is 0.251 e. The van der Waals surface area contributed by atoms with Crippen LogP contribution in [0, 0.1) is 5.92 Å². The highest BCUT2D eigenvalue weighted by Gasteiger charge is 2.31. The molecule has 6 N–H and O–H groups in total. The van der Waals surface area contributed by atoms with Gasteiger partial charge in [0.05, 0.1) is 6.04 Å². The highest BCUT2D eigenvalue weighted by atomic mass is 16.2. The van der Waals surface area contributed by atoms with Crippen molar-refractivity contribution in [3.05, 3.63) is 48.0 Å². The van der Waals surface area contributed by atoms with E-state index in [2.05, 4.69) is 29.5 Å². The molecule has 1 aliphatic heterocycles. The quantitative estimate of drug-likeness (QED) is 0.223. The Hall–Kier alpha value is -3.13. The highest BCUT2D eigenvalue weighted by Crippen LogP contribution is 2.18. The predicted octanol–water partition coefficient (Wildman–Crippen LogP) is 2.62. The number of nitrogens with one attached hydrogen (secondary N) is 2. The zero-order valence-corrected chi connectivity index (χ0v) is 21.0. The van der Waals surface area contributed by atoms with E-state index in [4.69, 9.17) is 11.5 Å². The zero-order valence-electron chi connectivity index (χ0n) is 21.0. The molecule has 3 rings (SSSR count). The molecule has 2 amide bonds. The van der Waals surface area contributed by atoms with Gasteiger partial charge >= 0.3 is 0 Å². The summed E-state index contributed by atoms with van der Waals surface area (Å²) in [6.07, 6.45) is 4.23. The molecule has 2 unspecified atom stereocenters. The van der Waals surface area contributed by atoms with Crippen molar-refractivity contribution in [3.63, 3.8) is 0 Å². The topological polar surface area (TPSA) is 126 Å². The molecule has 0 spiro atoms. The third kappa shape index (κ3) is 7.68. The molecule has 190 valence electrons. The number of amides is 2. The van der Waals surface area contributed by atoms with E-state index >= 15 is 0 Å². The molecule has 0 aliphatic carbocycles. The number of aliphatic imine (C=N–C) groups is 1. The molecular formula is C27H40N6O2. The van der Waals surface area contributed by atoms with Gasteiger partial charge in [-0.3, -0.25) is 14.6 Å². The van der Waals surface area contributed by atoms with Crippen LogP contribution < -0.4 is 22.1 Å². The van der Waals surface area contributed by atoms with Crippen molar-refractivity contribution in [2.45, 2.75) is 58.0 Å². The van der Waals surface area contributed by atoms with E-state index in [1.165, 1.54) is 0 Å². The summed E-state index contributed by atoms with van der Waals surface area (Å²) in [5.41, 5.74) is 11.5. The number of carbonyl (C=O) groups is 2. The standard InChI is InChI=1S/C27H40N6O2/c1-3-19(4-2)18-33-15-13-23(32-24(26(33)35)10-7-14-30-27(28)29)17-31-25(34)22-12-11-20-8-5-6-9-21(20)16-22/h5-6,8-9,11-12,16,19,23-24,32H,3-4,7,10,13-15,17-18H2,1-2H3,(H,31,34)(H4,28,29,30). The fourth-order valence-corrected chi connectivity index (χ4v) is 4.64. The van der Waals surface area contributed by atoms with Crippen molar-refractivity contribution in [2.24, 2.45) is 22.4 Å². The van der Waals surface area contributed by atoms with Crippen LogP contribution in [0.5, 0.6) is 0 Å². The van der Waals surface area contributed by atoms with Crippen LogP contribution in [-0.4, -0.2) is 60.9 Å². The molecule has 0 bridgehead atoms. The Balaban J connectivity index is 1.65. The average molecular weight is 481 g/mol. The van der Waals surface area contributed by atoms with Crippen LogP contribution in [0.2, 0.25) is 0 Å². The van der Waals surface area contributed by atoms with Crippen LogP contribution in [-0.2, 0) is 4.79 Å². The lowest BCUT2D eigenvalue weighted by Crippen LogP contribution is -2.49. The van der Waals surface area contributed by atoms with Gasteiger partial charge in [-0.25, -0.2) is 0 Å². The van der Waals surface area contributed by atoms with E-state index in [0.717, 1.165) is 36.6 Å². The molecule has 0 aromatic heterocycles. The summed E-state index contributed by atoms with van der Waals surface area (Å²) in [7, 11) is 0. The molecule has 8 heteroatoms. The number of nitrogens with zero attached hydrogens (tertiary/aromatic N) is 2. The maximum atomic E-state index is 13.4. The van der Waals surface area contributed by atoms with Gasteiger partial charge in [0.2, 0.25) is 5.91 Å². The number of fused-ring (bicyclic) bond motifs is 1. The zero-order chi connectivity index (χ0) is 25.2. The van der Waals surface area contributed by atoms with Crippen molar-refractivity contribution in [2.75, 3.05) is 26.2 Å². The number of hydrogen-bond acceptors (Lipinski definition) is 4. The molecule has 8 nitrogen and oxygen atoms in total. The normalized spacial score (nSPS) is 18.5. The second kappa shape index (κ2) is 13.1. The Labute approximate surface area is 208 Å². The van der Waals surface area contributed by atoms with Crippen LogP contribution in [0.1, 0.15) is 56.3 Å². The minimum atomic E-state index is -0.316. The van der Waals surface area contributed by atoms with Crippen LogP contribution in [0.3, 0.4) is 0 Å². The molecule has 35 heavy (non-hydrogen) atoms. The Morgan fingerprint density at radius 3 is 2.63 bits per heavy atom. The van der Waals surface area contributed by atoms with E-state index in [1.54, 1.807) is 0 Å². The SMILES string of the molecule is CCC(CC)CN1CCC(CNC(=O)c2ccc3ccccc3c2)NC(CCCN=C(N)N)C1=O. The van der Waals surface area contributed by atoms with E-state index in [9.17, 15) is 9.59 Å². The van der Waals surface area contributed by atoms with E-state index in [0.29, 0.717) is 44.0 Å². The summed E-state index contributed by atoms with van der Waals surface area (Å²) < 4.78 is 0. The summed E-state index contributed by atoms with van der Waals surface area (Å²) in [4.78, 5) is 32.3. The summed E-state index contributed by atoms with van der Waals surface area (Å²) in [5, 5.41) is 8.73. The van der Waals surface area contributed by atoms with Crippen molar-refractivity contribution in [1.82, 2.24) is 15.5 Å². The summed E-state index contributed by atoms with van der Waals surface area (Å²) >= 11 is 0. The summed E-state index contributed by atoms with van der Waals surface area (Å²) in [5.74, 6) is 0.580. The molecule has 1 saturated heterocycles. The number of nitrogens with two attached hydrogens (primary N) is 2. The van der Waals surface area contributed by atoms with E-state index < -0.39 is 0 Å². The van der Waals surface area contributed by atoms with Gasteiger partial charge in [0, 0.05) is 37.8 Å². The molecule has 1 aliphatic rings. The second-order valence-corrected chi connectivity index (χ2v) is 9.39. The lowest BCUT2D eigenvalue weighted by Gasteiger charge is -2.28. The summed E-state index contributed by atoms with van der Waals surface area (Å²) in [6.45, 7) is 6.75. The number of carbonyl (C=O) groups excluding carboxylic acids is 2. The average Bonchev–Trinajstić information content (AvgIpc) is 3.01. The third-order valence-corrected chi connectivity index (χ3v) is 6.89. The van der Waals surface area contributed by atoms with Crippen molar-refractivity contribution < 1.29 is 9.59 Å². The number of guanidine groups is 1. The molecule has 2 atom stereocenters. The van der Waals surface area contributed by atoms with Crippen LogP contribution in [0.4, 0.5) is 0 Å². The molecule has 1 fully saturated rings. The van der Waals surface area contributed by atoms with Gasteiger partial charge in [-0.2, -0.15) is 0 Å². The first kappa shape index (κ1) is 26.5. The van der Waals surface area contributed by atoms with Crippen LogP contribution in [0.25, 0.3) is 10.8 Å². The van der Waals surface area contributed by atoms with Gasteiger partial charge < -0.3 is 27.0 Å². The molecular weight excluding hydrogens is 440 g/mol. The lowest BCUT2D eigenvalue weighted by atomic mass is 10.0. The van der Waals surface area contributed by atoms with Gasteiger partial charge in [0.15, 0.2) is 5.96 Å². The van der Waals surface area contributed by atoms with Crippen molar-refractivity contribution >= 4 is 28.5 Å². The number of rotatable bonds is 11. The monoisotopic (exact) mass is 480 g/mol. The maximum absolute atomic E-state index is 13.4. The predicted molar refractivity (Wildman–Crippen MR) is 142 cm³/mol. The molecule has 0 saturated carbocycles. The van der Waals surface area contributed by atoms with E-state index in [1.807, 2.05) is 47.4 Å². The maximum Gasteiger partial charge on any atom is 0.251 e. The first-order valence-electron chi connectivity index (χ1n) is 12.8. The van der Waals surface area contributed by atoms with Crippen LogP contribution >= 0.6 is 0 Å². The molecule has 2 aromatic carbocycles. The van der Waals surface area contributed by atoms with Gasteiger partial charge in [0.1, 0.15) is 0 Å². The lowest BCUT2D eigenvalue weighted by molar-refractivity contribution is -0.133. The van der Waals surface area contributed by atoms with Crippen LogP contribution in [0.15, 0.2) is 47.5 Å². The Morgan fingerprint density at radius 2 is 1.91 bits per heavy atom. The molecule has 1 heterocycles. The van der Waals surface area contributed by atoms with Gasteiger partial charge in [-0.15, -0.1) is 0 Å². The van der Waals surface area contributed by atoms with E-state index in [-0.39, 0.29) is 29.9 Å². The van der Waals surface area contributed by atoms with Gasteiger partial charge in [-0.1, -0.05) is 57.0 Å². The van der Waals surface area contributed by atoms with Gasteiger partial charge in [-0.05, 0) is 48.1 Å². The number of benzene rings is 2. The number of hydrogen-bond donors (Lipinski definition) is 4. The van der Waals surface area contributed by atoms with Crippen molar-refractivity contribution in [3.8, 4) is 0 Å². The molecule has 2 aromatic rings.